The number of benzene rings is 2. The van der Waals surface area contributed by atoms with Gasteiger partial charge in [-0.15, -0.1) is 0 Å². The monoisotopic (exact) mass is 531 g/mol. The molecule has 0 N–H and O–H groups in total. The zero-order valence-electron chi connectivity index (χ0n) is 19.9. The van der Waals surface area contributed by atoms with Gasteiger partial charge in [-0.25, -0.2) is 13.8 Å². The van der Waals surface area contributed by atoms with E-state index in [4.69, 9.17) is 11.6 Å². The summed E-state index contributed by atoms with van der Waals surface area (Å²) in [6.45, 7) is 3.34. The highest BCUT2D eigenvalue weighted by Crippen LogP contribution is 2.40. The lowest BCUT2D eigenvalue weighted by molar-refractivity contribution is -0.128. The summed E-state index contributed by atoms with van der Waals surface area (Å²) in [4.78, 5) is 34.7. The van der Waals surface area contributed by atoms with Crippen LogP contribution in [0.1, 0.15) is 25.0 Å². The van der Waals surface area contributed by atoms with Crippen molar-refractivity contribution in [1.82, 2.24) is 9.97 Å². The smallest absolute Gasteiger partial charge is 0.230 e. The van der Waals surface area contributed by atoms with E-state index >= 15 is 8.78 Å². The molecule has 2 heterocycles. The molecule has 1 aliphatic heterocycles. The van der Waals surface area contributed by atoms with Crippen LogP contribution in [0, 0.1) is 17.6 Å². The van der Waals surface area contributed by atoms with Crippen LogP contribution in [0.5, 0.6) is 0 Å². The second kappa shape index (κ2) is 10.6. The Morgan fingerprint density at radius 2 is 1.83 bits per heavy atom. The number of carbonyl (C=O) groups excluding carboxylic acids is 2. The number of nitrogens with zero attached hydrogens (tertiary/aromatic N) is 3. The van der Waals surface area contributed by atoms with Crippen molar-refractivity contribution in [3.63, 3.8) is 0 Å². The van der Waals surface area contributed by atoms with Crippen molar-refractivity contribution < 1.29 is 22.9 Å². The van der Waals surface area contributed by atoms with E-state index in [0.29, 0.717) is 29.4 Å². The summed E-state index contributed by atoms with van der Waals surface area (Å²) in [5.74, 6) is -3.17. The van der Waals surface area contributed by atoms with E-state index in [-0.39, 0.29) is 35.9 Å². The van der Waals surface area contributed by atoms with Crippen LogP contribution in [0.4, 0.5) is 14.5 Å². The van der Waals surface area contributed by atoms with E-state index in [1.165, 1.54) is 12.4 Å². The lowest BCUT2D eigenvalue weighted by Crippen LogP contribution is -2.43. The molecule has 0 spiro atoms. The predicted molar refractivity (Wildman–Crippen MR) is 136 cm³/mol. The first-order chi connectivity index (χ1) is 17.0. The topological polar surface area (TPSA) is 80.2 Å². The van der Waals surface area contributed by atoms with E-state index in [1.54, 1.807) is 37.6 Å². The molecule has 1 amide bonds. The summed E-state index contributed by atoms with van der Waals surface area (Å²) in [7, 11) is -2.71. The molecule has 3 aromatic rings. The number of hydrogen-bond acceptors (Lipinski definition) is 5. The second-order valence-electron chi connectivity index (χ2n) is 9.24. The SMILES string of the molecule is CP(C)(=O)c1ccccc1-c1cc(F)c(N2CCC[C@@H](CC(=O)Cc3cnc(Cl)cn3)C2=O)c(F)c1. The first-order valence-electron chi connectivity index (χ1n) is 11.5. The zero-order chi connectivity index (χ0) is 26.0. The Bertz CT molecular complexity index is 1340. The number of hydrogen-bond donors (Lipinski definition) is 0. The average molecular weight is 532 g/mol. The van der Waals surface area contributed by atoms with Crippen LogP contribution in [0.15, 0.2) is 48.8 Å². The van der Waals surface area contributed by atoms with Crippen LogP contribution in [-0.4, -0.2) is 41.5 Å². The summed E-state index contributed by atoms with van der Waals surface area (Å²) >= 11 is 5.71. The van der Waals surface area contributed by atoms with Gasteiger partial charge in [-0.1, -0.05) is 35.9 Å². The molecule has 0 saturated carbocycles. The molecule has 1 aromatic heterocycles. The lowest BCUT2D eigenvalue weighted by atomic mass is 9.90. The first kappa shape index (κ1) is 26.1. The fraction of sp³-hybridized carbons (Fsp3) is 0.308. The summed E-state index contributed by atoms with van der Waals surface area (Å²) in [6.07, 6.45) is 3.62. The second-order valence-corrected chi connectivity index (χ2v) is 12.8. The van der Waals surface area contributed by atoms with Crippen molar-refractivity contribution in [3.8, 4) is 11.1 Å². The Balaban J connectivity index is 1.56. The third-order valence-electron chi connectivity index (χ3n) is 6.16. The molecule has 4 rings (SSSR count). The standard InChI is InChI=1S/C26H25ClF2N3O3P/c1-36(2,35)23-8-4-3-7-20(23)17-11-21(28)25(22(29)12-17)32-9-5-6-16(26(32)34)10-19(33)13-18-14-31-24(27)15-30-18/h3-4,7-8,11-12,14-16H,5-6,9-10,13H2,1-2H3/t16-/m0/s1. The number of aromatic nitrogens is 2. The molecule has 6 nitrogen and oxygen atoms in total. The van der Waals surface area contributed by atoms with E-state index in [2.05, 4.69) is 9.97 Å². The minimum absolute atomic E-state index is 0.0104. The number of amides is 1. The summed E-state index contributed by atoms with van der Waals surface area (Å²) in [6, 6.07) is 9.12. The zero-order valence-corrected chi connectivity index (χ0v) is 21.5. The molecule has 36 heavy (non-hydrogen) atoms. The number of Topliss-reactive ketones (excluding diaryl/α,β-unsaturated/α-hetero) is 1. The normalized spacial score (nSPS) is 16.3. The number of carbonyl (C=O) groups is 2. The van der Waals surface area contributed by atoms with E-state index < -0.39 is 36.3 Å². The van der Waals surface area contributed by atoms with Gasteiger partial charge in [0.15, 0.2) is 11.6 Å². The summed E-state index contributed by atoms with van der Waals surface area (Å²) < 4.78 is 43.3. The Morgan fingerprint density at radius 1 is 1.14 bits per heavy atom. The van der Waals surface area contributed by atoms with Crippen LogP contribution >= 0.6 is 18.7 Å². The largest absolute Gasteiger partial charge is 0.319 e. The molecule has 0 radical (unpaired) electrons. The Hall–Kier alpha value is -2.96. The maximum absolute atomic E-state index is 15.3. The molecule has 1 saturated heterocycles. The fourth-order valence-corrected chi connectivity index (χ4v) is 5.83. The van der Waals surface area contributed by atoms with Crippen molar-refractivity contribution in [3.05, 3.63) is 71.3 Å². The first-order valence-corrected chi connectivity index (χ1v) is 14.5. The highest BCUT2D eigenvalue weighted by atomic mass is 35.5. The molecule has 0 unspecified atom stereocenters. The highest BCUT2D eigenvalue weighted by molar-refractivity contribution is 7.70. The van der Waals surface area contributed by atoms with Gasteiger partial charge in [0.2, 0.25) is 5.91 Å². The number of ketones is 1. The molecule has 0 bridgehead atoms. The van der Waals surface area contributed by atoms with Crippen molar-refractivity contribution in [2.24, 2.45) is 5.92 Å². The molecular weight excluding hydrogens is 507 g/mol. The van der Waals surface area contributed by atoms with Gasteiger partial charge in [0.1, 0.15) is 23.8 Å². The summed E-state index contributed by atoms with van der Waals surface area (Å²) in [5.41, 5.74) is 0.724. The van der Waals surface area contributed by atoms with E-state index in [1.807, 2.05) is 0 Å². The van der Waals surface area contributed by atoms with Gasteiger partial charge < -0.3 is 9.46 Å². The van der Waals surface area contributed by atoms with Crippen LogP contribution < -0.4 is 10.2 Å². The molecule has 1 atom stereocenters. The molecule has 1 fully saturated rings. The maximum Gasteiger partial charge on any atom is 0.230 e. The minimum atomic E-state index is -2.71. The molecule has 2 aromatic carbocycles. The van der Waals surface area contributed by atoms with E-state index in [0.717, 1.165) is 17.0 Å². The molecule has 1 aliphatic rings. The number of rotatable bonds is 7. The van der Waals surface area contributed by atoms with Gasteiger partial charge in [-0.3, -0.25) is 14.6 Å². The minimum Gasteiger partial charge on any atom is -0.319 e. The molecule has 188 valence electrons. The number of piperidine rings is 1. The Labute approximate surface area is 213 Å². The number of anilines is 1. The molecule has 10 heteroatoms. The van der Waals surface area contributed by atoms with Gasteiger partial charge in [0.05, 0.1) is 24.5 Å². The van der Waals surface area contributed by atoms with Crippen molar-refractivity contribution >= 4 is 41.4 Å². The Kier molecular flexibility index (Phi) is 7.67. The Morgan fingerprint density at radius 3 is 2.47 bits per heavy atom. The average Bonchev–Trinajstić information content (AvgIpc) is 2.82. The quantitative estimate of drug-likeness (QED) is 0.388. The van der Waals surface area contributed by atoms with Gasteiger partial charge in [0, 0.05) is 24.2 Å². The summed E-state index contributed by atoms with van der Waals surface area (Å²) in [5, 5.41) is 0.732. The van der Waals surface area contributed by atoms with Crippen LogP contribution in [-0.2, 0) is 20.6 Å². The van der Waals surface area contributed by atoms with Crippen molar-refractivity contribution in [2.75, 3.05) is 24.8 Å². The predicted octanol–water partition coefficient (Wildman–Crippen LogP) is 5.27. The van der Waals surface area contributed by atoms with Gasteiger partial charge in [-0.2, -0.15) is 0 Å². The fourth-order valence-electron chi connectivity index (χ4n) is 4.51. The van der Waals surface area contributed by atoms with Gasteiger partial charge in [-0.05, 0) is 49.4 Å². The number of halogens is 3. The van der Waals surface area contributed by atoms with Crippen LogP contribution in [0.25, 0.3) is 11.1 Å². The third kappa shape index (κ3) is 5.71. The molecular formula is C26H25ClF2N3O3P. The van der Waals surface area contributed by atoms with Gasteiger partial charge in [0.25, 0.3) is 0 Å². The van der Waals surface area contributed by atoms with Crippen molar-refractivity contribution in [2.45, 2.75) is 25.7 Å². The molecule has 0 aliphatic carbocycles. The van der Waals surface area contributed by atoms with Crippen LogP contribution in [0.2, 0.25) is 5.15 Å². The van der Waals surface area contributed by atoms with Crippen LogP contribution in [0.3, 0.4) is 0 Å². The van der Waals surface area contributed by atoms with Gasteiger partial charge >= 0.3 is 0 Å². The van der Waals surface area contributed by atoms with E-state index in [9.17, 15) is 14.2 Å². The third-order valence-corrected chi connectivity index (χ3v) is 7.90. The van der Waals surface area contributed by atoms with Crippen molar-refractivity contribution in [1.29, 1.82) is 0 Å². The lowest BCUT2D eigenvalue weighted by Gasteiger charge is -2.32. The highest BCUT2D eigenvalue weighted by Gasteiger charge is 2.34. The maximum atomic E-state index is 15.3.